The molecular weight excluding hydrogens is 373 g/mol. The summed E-state index contributed by atoms with van der Waals surface area (Å²) in [4.78, 5) is 22.0. The Morgan fingerprint density at radius 3 is 2.35 bits per heavy atom. The van der Waals surface area contributed by atoms with Crippen molar-refractivity contribution in [3.63, 3.8) is 0 Å². The molecule has 7 heteroatoms. The van der Waals surface area contributed by atoms with Crippen LogP contribution in [-0.2, 0) is 0 Å². The van der Waals surface area contributed by atoms with E-state index < -0.39 is 4.92 Å². The lowest BCUT2D eigenvalue weighted by atomic mass is 10.2. The number of halogens is 1. The van der Waals surface area contributed by atoms with Gasteiger partial charge in [0.25, 0.3) is 11.6 Å². The average Bonchev–Trinajstić information content (AvgIpc) is 2.45. The second-order valence-corrected chi connectivity index (χ2v) is 5.03. The van der Waals surface area contributed by atoms with E-state index in [4.69, 9.17) is 0 Å². The molecule has 2 rings (SSSR count). The number of amides is 1. The van der Waals surface area contributed by atoms with Crippen LogP contribution in [-0.4, -0.2) is 10.8 Å². The smallest absolute Gasteiger partial charge is 0.270 e. The van der Waals surface area contributed by atoms with E-state index in [1.165, 1.54) is 24.3 Å². The number of hydrazine groups is 1. The Morgan fingerprint density at radius 1 is 1.10 bits per heavy atom. The van der Waals surface area contributed by atoms with Crippen molar-refractivity contribution >= 4 is 39.9 Å². The van der Waals surface area contributed by atoms with Gasteiger partial charge in [0, 0.05) is 15.7 Å². The van der Waals surface area contributed by atoms with E-state index in [1.54, 1.807) is 12.1 Å². The number of nitrogens with zero attached hydrogens (tertiary/aromatic N) is 1. The molecule has 102 valence electrons. The molecule has 0 spiro atoms. The van der Waals surface area contributed by atoms with Crippen molar-refractivity contribution in [1.29, 1.82) is 0 Å². The molecule has 0 heterocycles. The molecule has 0 atom stereocenters. The third-order valence-electron chi connectivity index (χ3n) is 2.52. The summed E-state index contributed by atoms with van der Waals surface area (Å²) in [5.74, 6) is -0.270. The van der Waals surface area contributed by atoms with Crippen molar-refractivity contribution in [3.05, 3.63) is 67.8 Å². The maximum atomic E-state index is 11.9. The molecule has 2 aromatic rings. The molecule has 6 nitrogen and oxygen atoms in total. The van der Waals surface area contributed by atoms with Gasteiger partial charge in [-0.25, -0.2) is 0 Å². The number of non-ortho nitro benzene ring substituents is 1. The van der Waals surface area contributed by atoms with Gasteiger partial charge in [0.05, 0.1) is 16.2 Å². The summed E-state index contributed by atoms with van der Waals surface area (Å²) in [6.45, 7) is 0. The SMILES string of the molecule is O=C(NNc1ccc([N+](=O)[O-])cc1)c1ccccc1I. The zero-order chi connectivity index (χ0) is 14.5. The van der Waals surface area contributed by atoms with E-state index in [0.717, 1.165) is 3.57 Å². The maximum absolute atomic E-state index is 11.9. The third-order valence-corrected chi connectivity index (χ3v) is 3.46. The molecular formula is C13H10IN3O3. The summed E-state index contributed by atoms with van der Waals surface area (Å²) in [6.07, 6.45) is 0. The number of nitrogens with one attached hydrogen (secondary N) is 2. The Labute approximate surface area is 128 Å². The molecule has 0 radical (unpaired) electrons. The Kier molecular flexibility index (Phi) is 4.51. The number of hydrogen-bond donors (Lipinski definition) is 2. The first kappa shape index (κ1) is 14.3. The maximum Gasteiger partial charge on any atom is 0.270 e. The van der Waals surface area contributed by atoms with Gasteiger partial charge in [-0.15, -0.1) is 0 Å². The minimum Gasteiger partial charge on any atom is -0.298 e. The van der Waals surface area contributed by atoms with Crippen LogP contribution in [0.25, 0.3) is 0 Å². The van der Waals surface area contributed by atoms with E-state index in [-0.39, 0.29) is 11.6 Å². The van der Waals surface area contributed by atoms with Crippen LogP contribution in [0.1, 0.15) is 10.4 Å². The fraction of sp³-hybridized carbons (Fsp3) is 0. The van der Waals surface area contributed by atoms with Crippen molar-refractivity contribution in [1.82, 2.24) is 5.43 Å². The van der Waals surface area contributed by atoms with E-state index in [2.05, 4.69) is 33.4 Å². The summed E-state index contributed by atoms with van der Waals surface area (Å²) in [6, 6.07) is 12.9. The summed E-state index contributed by atoms with van der Waals surface area (Å²) >= 11 is 2.08. The number of anilines is 1. The molecule has 0 aliphatic heterocycles. The number of carbonyl (C=O) groups excluding carboxylic acids is 1. The molecule has 0 aliphatic rings. The van der Waals surface area contributed by atoms with Gasteiger partial charge in [0.2, 0.25) is 0 Å². The van der Waals surface area contributed by atoms with Gasteiger partial charge in [-0.1, -0.05) is 12.1 Å². The molecule has 0 saturated carbocycles. The first-order valence-electron chi connectivity index (χ1n) is 5.63. The van der Waals surface area contributed by atoms with E-state index >= 15 is 0 Å². The lowest BCUT2D eigenvalue weighted by Crippen LogP contribution is -2.29. The van der Waals surface area contributed by atoms with Gasteiger partial charge in [0.15, 0.2) is 0 Å². The molecule has 0 saturated heterocycles. The average molecular weight is 383 g/mol. The van der Waals surface area contributed by atoms with Crippen LogP contribution in [0, 0.1) is 13.7 Å². The van der Waals surface area contributed by atoms with Crippen LogP contribution in [0.15, 0.2) is 48.5 Å². The second kappa shape index (κ2) is 6.33. The van der Waals surface area contributed by atoms with Crippen LogP contribution >= 0.6 is 22.6 Å². The van der Waals surface area contributed by atoms with Crippen molar-refractivity contribution in [3.8, 4) is 0 Å². The minimum atomic E-state index is -0.477. The number of rotatable bonds is 4. The lowest BCUT2D eigenvalue weighted by molar-refractivity contribution is -0.384. The van der Waals surface area contributed by atoms with Gasteiger partial charge in [-0.2, -0.15) is 0 Å². The second-order valence-electron chi connectivity index (χ2n) is 3.86. The van der Waals surface area contributed by atoms with Crippen molar-refractivity contribution in [2.75, 3.05) is 5.43 Å². The first-order valence-corrected chi connectivity index (χ1v) is 6.71. The highest BCUT2D eigenvalue weighted by molar-refractivity contribution is 14.1. The Morgan fingerprint density at radius 2 is 1.75 bits per heavy atom. The zero-order valence-corrected chi connectivity index (χ0v) is 12.3. The van der Waals surface area contributed by atoms with Crippen LogP contribution < -0.4 is 10.9 Å². The number of benzene rings is 2. The largest absolute Gasteiger partial charge is 0.298 e. The predicted octanol–water partition coefficient (Wildman–Crippen LogP) is 2.96. The van der Waals surface area contributed by atoms with Crippen molar-refractivity contribution in [2.45, 2.75) is 0 Å². The topological polar surface area (TPSA) is 84.3 Å². The highest BCUT2D eigenvalue weighted by atomic mass is 127. The van der Waals surface area contributed by atoms with Crippen LogP contribution in [0.2, 0.25) is 0 Å². The van der Waals surface area contributed by atoms with E-state index in [1.807, 2.05) is 12.1 Å². The quantitative estimate of drug-likeness (QED) is 0.483. The summed E-state index contributed by atoms with van der Waals surface area (Å²) < 4.78 is 0.841. The molecule has 0 fully saturated rings. The van der Waals surface area contributed by atoms with Crippen molar-refractivity contribution < 1.29 is 9.72 Å². The Balaban J connectivity index is 2.00. The lowest BCUT2D eigenvalue weighted by Gasteiger charge is -2.09. The van der Waals surface area contributed by atoms with Gasteiger partial charge in [-0.05, 0) is 46.9 Å². The zero-order valence-electron chi connectivity index (χ0n) is 10.2. The fourth-order valence-electron chi connectivity index (χ4n) is 1.51. The number of hydrogen-bond acceptors (Lipinski definition) is 4. The third kappa shape index (κ3) is 3.44. The monoisotopic (exact) mass is 383 g/mol. The van der Waals surface area contributed by atoms with Crippen LogP contribution in [0.4, 0.5) is 11.4 Å². The van der Waals surface area contributed by atoms with E-state index in [0.29, 0.717) is 11.3 Å². The van der Waals surface area contributed by atoms with Crippen LogP contribution in [0.5, 0.6) is 0 Å². The van der Waals surface area contributed by atoms with Gasteiger partial charge < -0.3 is 0 Å². The Bertz CT molecular complexity index is 644. The standard InChI is InChI=1S/C13H10IN3O3/c14-12-4-2-1-3-11(12)13(18)16-15-9-5-7-10(8-6-9)17(19)20/h1-8,15H,(H,16,18). The first-order chi connectivity index (χ1) is 9.58. The molecule has 20 heavy (non-hydrogen) atoms. The molecule has 0 bridgehead atoms. The minimum absolute atomic E-state index is 0.000477. The van der Waals surface area contributed by atoms with Gasteiger partial charge in [-0.3, -0.25) is 25.8 Å². The van der Waals surface area contributed by atoms with Crippen LogP contribution in [0.3, 0.4) is 0 Å². The Hall–Kier alpha value is -2.16. The van der Waals surface area contributed by atoms with E-state index in [9.17, 15) is 14.9 Å². The molecule has 0 aliphatic carbocycles. The molecule has 0 aromatic heterocycles. The number of nitro groups is 1. The summed E-state index contributed by atoms with van der Waals surface area (Å²) in [5.41, 5.74) is 6.37. The molecule has 2 N–H and O–H groups in total. The summed E-state index contributed by atoms with van der Waals surface area (Å²) in [5, 5.41) is 10.5. The normalized spacial score (nSPS) is 9.85. The molecule has 2 aromatic carbocycles. The molecule has 0 unspecified atom stereocenters. The summed E-state index contributed by atoms with van der Waals surface area (Å²) in [7, 11) is 0. The highest BCUT2D eigenvalue weighted by Gasteiger charge is 2.09. The predicted molar refractivity (Wildman–Crippen MR) is 83.3 cm³/mol. The fourth-order valence-corrected chi connectivity index (χ4v) is 2.14. The number of nitro benzene ring substituents is 1. The highest BCUT2D eigenvalue weighted by Crippen LogP contribution is 2.15. The molecule has 1 amide bonds. The number of carbonyl (C=O) groups is 1. The van der Waals surface area contributed by atoms with Gasteiger partial charge in [0.1, 0.15) is 0 Å². The van der Waals surface area contributed by atoms with Crippen molar-refractivity contribution in [2.24, 2.45) is 0 Å². The van der Waals surface area contributed by atoms with Gasteiger partial charge >= 0.3 is 0 Å².